The summed E-state index contributed by atoms with van der Waals surface area (Å²) in [6.45, 7) is 1.99. The topological polar surface area (TPSA) is 46.2 Å². The number of ketones is 2. The minimum atomic E-state index is -0.187. The third-order valence-electron chi connectivity index (χ3n) is 2.39. The molecule has 0 saturated carbocycles. The molecule has 1 unspecified atom stereocenters. The Morgan fingerprint density at radius 2 is 2.47 bits per heavy atom. The molecule has 80 valence electrons. The molecule has 0 amide bonds. The molecule has 0 radical (unpaired) electrons. The van der Waals surface area contributed by atoms with Gasteiger partial charge in [-0.1, -0.05) is 24.8 Å². The fourth-order valence-corrected chi connectivity index (χ4v) is 2.79. The predicted molar refractivity (Wildman–Crippen MR) is 60.2 cm³/mol. The molecule has 3 nitrogen and oxygen atoms in total. The van der Waals surface area contributed by atoms with Crippen LogP contribution in [-0.4, -0.2) is 16.9 Å². The zero-order valence-corrected chi connectivity index (χ0v) is 9.39. The first-order chi connectivity index (χ1) is 7.20. The van der Waals surface area contributed by atoms with Crippen molar-refractivity contribution >= 4 is 23.3 Å². The van der Waals surface area contributed by atoms with Crippen molar-refractivity contribution in [3.63, 3.8) is 0 Å². The van der Waals surface area contributed by atoms with Gasteiger partial charge >= 0.3 is 0 Å². The minimum Gasteiger partial charge on any atom is -0.366 e. The Morgan fingerprint density at radius 1 is 1.67 bits per heavy atom. The molecule has 0 aromatic rings. The summed E-state index contributed by atoms with van der Waals surface area (Å²) in [5, 5.41) is 2.97. The zero-order chi connectivity index (χ0) is 10.8. The number of hydrogen-bond donors (Lipinski definition) is 1. The van der Waals surface area contributed by atoms with E-state index in [1.165, 1.54) is 11.8 Å². The van der Waals surface area contributed by atoms with Crippen molar-refractivity contribution in [2.24, 2.45) is 0 Å². The van der Waals surface area contributed by atoms with Crippen LogP contribution in [0.15, 0.2) is 22.8 Å². The van der Waals surface area contributed by atoms with Crippen LogP contribution in [0.5, 0.6) is 0 Å². The van der Waals surface area contributed by atoms with Gasteiger partial charge in [-0.15, -0.1) is 0 Å². The molecule has 1 N–H and O–H groups in total. The van der Waals surface area contributed by atoms with E-state index >= 15 is 0 Å². The van der Waals surface area contributed by atoms with Crippen LogP contribution in [0.1, 0.15) is 26.2 Å². The Labute approximate surface area is 93.0 Å². The molecular formula is C11H13NO2S. The van der Waals surface area contributed by atoms with E-state index in [2.05, 4.69) is 5.32 Å². The zero-order valence-electron chi connectivity index (χ0n) is 8.58. The second kappa shape index (κ2) is 4.23. The van der Waals surface area contributed by atoms with Gasteiger partial charge in [0.2, 0.25) is 0 Å². The second-order valence-electron chi connectivity index (χ2n) is 3.66. The number of Topliss-reactive ketones (excluding diaryl/α,β-unsaturated/α-hetero) is 1. The highest BCUT2D eigenvalue weighted by molar-refractivity contribution is 8.04. The fourth-order valence-electron chi connectivity index (χ4n) is 1.64. The van der Waals surface area contributed by atoms with Crippen molar-refractivity contribution < 1.29 is 9.59 Å². The summed E-state index contributed by atoms with van der Waals surface area (Å²) in [7, 11) is 0. The van der Waals surface area contributed by atoms with Crippen molar-refractivity contribution in [2.75, 3.05) is 0 Å². The van der Waals surface area contributed by atoms with E-state index in [0.717, 1.165) is 17.0 Å². The molecule has 2 aliphatic rings. The molecule has 1 saturated heterocycles. The molecule has 0 bridgehead atoms. The first-order valence-corrected chi connectivity index (χ1v) is 5.99. The van der Waals surface area contributed by atoms with Crippen LogP contribution in [0, 0.1) is 0 Å². The van der Waals surface area contributed by atoms with E-state index in [0.29, 0.717) is 12.8 Å². The van der Waals surface area contributed by atoms with Crippen LogP contribution >= 0.6 is 11.8 Å². The fraction of sp³-hybridized carbons (Fsp3) is 0.455. The molecule has 4 heteroatoms. The van der Waals surface area contributed by atoms with Gasteiger partial charge in [0.25, 0.3) is 0 Å². The lowest BCUT2D eigenvalue weighted by Crippen LogP contribution is -2.27. The average Bonchev–Trinajstić information content (AvgIpc) is 2.60. The van der Waals surface area contributed by atoms with Gasteiger partial charge < -0.3 is 5.32 Å². The van der Waals surface area contributed by atoms with E-state index in [1.807, 2.05) is 13.0 Å². The Balaban J connectivity index is 2.08. The summed E-state index contributed by atoms with van der Waals surface area (Å²) in [5.74, 6) is 0.331. The monoisotopic (exact) mass is 223 g/mol. The number of allylic oxidation sites excluding steroid dienone is 2. The SMILES string of the molecule is CCCC(=O)C1NC2=CCC(=O)C=C2S1. The van der Waals surface area contributed by atoms with E-state index in [1.54, 1.807) is 6.08 Å². The molecule has 0 aromatic heterocycles. The number of carbonyl (C=O) groups is 2. The maximum absolute atomic E-state index is 11.6. The summed E-state index contributed by atoms with van der Waals surface area (Å²) in [6.07, 6.45) is 5.41. The van der Waals surface area contributed by atoms with Gasteiger partial charge in [-0.05, 0) is 12.5 Å². The number of hydrogen-bond acceptors (Lipinski definition) is 4. The minimum absolute atomic E-state index is 0.117. The standard InChI is InChI=1S/C11H13NO2S/c1-2-3-9(14)11-12-8-5-4-7(13)6-10(8)15-11/h5-6,11-12H,2-4H2,1H3. The highest BCUT2D eigenvalue weighted by Crippen LogP contribution is 2.36. The van der Waals surface area contributed by atoms with Crippen molar-refractivity contribution in [1.82, 2.24) is 5.32 Å². The van der Waals surface area contributed by atoms with Crippen LogP contribution in [0.3, 0.4) is 0 Å². The smallest absolute Gasteiger partial charge is 0.165 e. The lowest BCUT2D eigenvalue weighted by molar-refractivity contribution is -0.118. The predicted octanol–water partition coefficient (Wildman–Crippen LogP) is 1.76. The Bertz CT molecular complexity index is 371. The van der Waals surface area contributed by atoms with Crippen molar-refractivity contribution in [3.8, 4) is 0 Å². The van der Waals surface area contributed by atoms with Crippen LogP contribution in [0.2, 0.25) is 0 Å². The molecular weight excluding hydrogens is 210 g/mol. The molecule has 1 atom stereocenters. The average molecular weight is 223 g/mol. The van der Waals surface area contributed by atoms with Gasteiger partial charge in [0.05, 0.1) is 0 Å². The van der Waals surface area contributed by atoms with Crippen molar-refractivity contribution in [3.05, 3.63) is 22.8 Å². The Hall–Kier alpha value is -1.03. The highest BCUT2D eigenvalue weighted by Gasteiger charge is 2.30. The van der Waals surface area contributed by atoms with E-state index < -0.39 is 0 Å². The number of carbonyl (C=O) groups excluding carboxylic acids is 2. The van der Waals surface area contributed by atoms with Gasteiger partial charge in [-0.3, -0.25) is 9.59 Å². The molecule has 1 heterocycles. The molecule has 1 fully saturated rings. The quantitative estimate of drug-likeness (QED) is 0.792. The normalized spacial score (nSPS) is 24.1. The molecule has 1 aliphatic carbocycles. The van der Waals surface area contributed by atoms with Gasteiger partial charge in [-0.25, -0.2) is 0 Å². The van der Waals surface area contributed by atoms with E-state index in [4.69, 9.17) is 0 Å². The summed E-state index contributed by atoms with van der Waals surface area (Å²) in [4.78, 5) is 23.7. The van der Waals surface area contributed by atoms with Crippen LogP contribution in [0.4, 0.5) is 0 Å². The maximum atomic E-state index is 11.6. The molecule has 1 aliphatic heterocycles. The van der Waals surface area contributed by atoms with Gasteiger partial charge in [0.15, 0.2) is 11.6 Å². The largest absolute Gasteiger partial charge is 0.366 e. The second-order valence-corrected chi connectivity index (χ2v) is 4.80. The molecule has 0 aromatic carbocycles. The van der Waals surface area contributed by atoms with Crippen molar-refractivity contribution in [2.45, 2.75) is 31.6 Å². The van der Waals surface area contributed by atoms with Gasteiger partial charge in [-0.2, -0.15) is 0 Å². The van der Waals surface area contributed by atoms with Crippen LogP contribution in [0.25, 0.3) is 0 Å². The lowest BCUT2D eigenvalue weighted by atomic mass is 10.1. The lowest BCUT2D eigenvalue weighted by Gasteiger charge is -2.07. The maximum Gasteiger partial charge on any atom is 0.165 e. The summed E-state index contributed by atoms with van der Waals surface area (Å²) in [5.41, 5.74) is 0.953. The first-order valence-electron chi connectivity index (χ1n) is 5.11. The number of nitrogens with one attached hydrogen (secondary N) is 1. The summed E-state index contributed by atoms with van der Waals surface area (Å²) >= 11 is 1.46. The van der Waals surface area contributed by atoms with Crippen LogP contribution in [-0.2, 0) is 9.59 Å². The van der Waals surface area contributed by atoms with Crippen LogP contribution < -0.4 is 5.32 Å². The van der Waals surface area contributed by atoms with E-state index in [9.17, 15) is 9.59 Å². The van der Waals surface area contributed by atoms with Gasteiger partial charge in [0.1, 0.15) is 5.37 Å². The summed E-state index contributed by atoms with van der Waals surface area (Å²) in [6, 6.07) is 0. The molecule has 0 spiro atoms. The Morgan fingerprint density at radius 3 is 3.20 bits per heavy atom. The Kier molecular flexibility index (Phi) is 2.95. The molecule has 2 rings (SSSR count). The van der Waals surface area contributed by atoms with Gasteiger partial charge in [0, 0.05) is 23.4 Å². The van der Waals surface area contributed by atoms with E-state index in [-0.39, 0.29) is 16.9 Å². The summed E-state index contributed by atoms with van der Waals surface area (Å²) < 4.78 is 0. The first kappa shape index (κ1) is 10.5. The van der Waals surface area contributed by atoms with Crippen molar-refractivity contribution in [1.29, 1.82) is 0 Å². The molecule has 15 heavy (non-hydrogen) atoms. The third kappa shape index (κ3) is 2.15. The number of fused-ring (bicyclic) bond motifs is 1. The number of thioether (sulfide) groups is 1. The third-order valence-corrected chi connectivity index (χ3v) is 3.59. The number of rotatable bonds is 3. The highest BCUT2D eigenvalue weighted by atomic mass is 32.2.